The summed E-state index contributed by atoms with van der Waals surface area (Å²) in [5, 5.41) is 2.88. The lowest BCUT2D eigenvalue weighted by Gasteiger charge is -2.03. The van der Waals surface area contributed by atoms with E-state index < -0.39 is 0 Å². The molecule has 1 aromatic heterocycles. The van der Waals surface area contributed by atoms with E-state index >= 15 is 0 Å². The molecule has 0 aliphatic carbocycles. The third-order valence-corrected chi connectivity index (χ3v) is 4.95. The molecular weight excluding hydrogens is 312 g/mol. The van der Waals surface area contributed by atoms with E-state index in [1.54, 1.807) is 11.3 Å². The molecule has 0 saturated heterocycles. The maximum Gasteiger partial charge on any atom is 0.190 e. The minimum Gasteiger partial charge on any atom is -0.320 e. The first-order valence-electron chi connectivity index (χ1n) is 7.07. The second kappa shape index (κ2) is 6.11. The minimum absolute atomic E-state index is 0.752. The van der Waals surface area contributed by atoms with E-state index in [0.29, 0.717) is 0 Å². The van der Waals surface area contributed by atoms with Crippen LogP contribution in [0.1, 0.15) is 11.1 Å². The summed E-state index contributed by atoms with van der Waals surface area (Å²) in [6.45, 7) is 4.23. The van der Waals surface area contributed by atoms with Crippen LogP contribution in [0.2, 0.25) is 5.02 Å². The van der Waals surface area contributed by atoms with Crippen molar-refractivity contribution in [3.05, 3.63) is 68.8 Å². The Morgan fingerprint density at radius 3 is 2.41 bits per heavy atom. The van der Waals surface area contributed by atoms with Gasteiger partial charge in [-0.3, -0.25) is 0 Å². The molecule has 4 heteroatoms. The molecule has 0 bridgehead atoms. The van der Waals surface area contributed by atoms with E-state index in [-0.39, 0.29) is 0 Å². The number of halogens is 1. The number of rotatable bonds is 2. The molecule has 0 atom stereocenters. The monoisotopic (exact) mass is 328 g/mol. The molecule has 0 unspecified atom stereocenters. The van der Waals surface area contributed by atoms with Crippen LogP contribution < -0.4 is 4.80 Å². The van der Waals surface area contributed by atoms with Crippen molar-refractivity contribution < 1.29 is 0 Å². The highest BCUT2D eigenvalue weighted by Gasteiger charge is 2.05. The maximum absolute atomic E-state index is 5.96. The summed E-state index contributed by atoms with van der Waals surface area (Å²) in [4.78, 5) is 5.74. The van der Waals surface area contributed by atoms with E-state index in [2.05, 4.69) is 42.0 Å². The van der Waals surface area contributed by atoms with E-state index in [1.807, 2.05) is 31.3 Å². The third-order valence-electron chi connectivity index (χ3n) is 3.78. The fourth-order valence-electron chi connectivity index (χ4n) is 2.26. The Morgan fingerprint density at radius 1 is 1.00 bits per heavy atom. The zero-order valence-electron chi connectivity index (χ0n) is 12.8. The van der Waals surface area contributed by atoms with Crippen LogP contribution in [0.25, 0.3) is 11.3 Å². The average Bonchev–Trinajstić information content (AvgIpc) is 2.85. The summed E-state index contributed by atoms with van der Waals surface area (Å²) in [7, 11) is 2.04. The van der Waals surface area contributed by atoms with Gasteiger partial charge in [-0.05, 0) is 54.8 Å². The molecule has 0 N–H and O–H groups in total. The second-order valence-corrected chi connectivity index (χ2v) is 6.62. The highest BCUT2D eigenvalue weighted by atomic mass is 35.5. The first-order chi connectivity index (χ1) is 10.5. The third kappa shape index (κ3) is 3.01. The van der Waals surface area contributed by atoms with Gasteiger partial charge in [-0.15, -0.1) is 11.3 Å². The summed E-state index contributed by atoms with van der Waals surface area (Å²) in [5.74, 6) is 0. The Labute approximate surface area is 139 Å². The SMILES string of the molecule is Cc1ccc(N=c2scc(-c3ccc(Cl)cc3)n2C)cc1C. The molecule has 0 aliphatic rings. The van der Waals surface area contributed by atoms with Gasteiger partial charge in [0.2, 0.25) is 0 Å². The predicted octanol–water partition coefficient (Wildman–Crippen LogP) is 5.26. The van der Waals surface area contributed by atoms with Crippen LogP contribution in [0.3, 0.4) is 0 Å². The number of benzene rings is 2. The van der Waals surface area contributed by atoms with Crippen molar-refractivity contribution >= 4 is 28.6 Å². The van der Waals surface area contributed by atoms with Crippen LogP contribution in [0, 0.1) is 13.8 Å². The average molecular weight is 329 g/mol. The highest BCUT2D eigenvalue weighted by molar-refractivity contribution is 7.07. The summed E-state index contributed by atoms with van der Waals surface area (Å²) >= 11 is 7.60. The van der Waals surface area contributed by atoms with E-state index in [1.165, 1.54) is 11.1 Å². The molecule has 0 spiro atoms. The Morgan fingerprint density at radius 2 is 1.73 bits per heavy atom. The van der Waals surface area contributed by atoms with Gasteiger partial charge in [0.1, 0.15) is 0 Å². The highest BCUT2D eigenvalue weighted by Crippen LogP contribution is 2.22. The molecule has 112 valence electrons. The van der Waals surface area contributed by atoms with Crippen molar-refractivity contribution in [2.24, 2.45) is 12.0 Å². The van der Waals surface area contributed by atoms with Gasteiger partial charge in [-0.2, -0.15) is 0 Å². The molecule has 1 heterocycles. The first-order valence-corrected chi connectivity index (χ1v) is 8.33. The number of hydrogen-bond acceptors (Lipinski definition) is 2. The van der Waals surface area contributed by atoms with Gasteiger partial charge in [0, 0.05) is 17.5 Å². The molecule has 0 radical (unpaired) electrons. The topological polar surface area (TPSA) is 17.3 Å². The van der Waals surface area contributed by atoms with Crippen molar-refractivity contribution in [3.8, 4) is 11.3 Å². The Hall–Kier alpha value is -1.84. The number of thiazole rings is 1. The lowest BCUT2D eigenvalue weighted by molar-refractivity contribution is 0.883. The van der Waals surface area contributed by atoms with Crippen molar-refractivity contribution in [3.63, 3.8) is 0 Å². The molecule has 0 fully saturated rings. The van der Waals surface area contributed by atoms with Gasteiger partial charge >= 0.3 is 0 Å². The molecule has 2 aromatic carbocycles. The van der Waals surface area contributed by atoms with Gasteiger partial charge in [-0.1, -0.05) is 29.8 Å². The van der Waals surface area contributed by atoms with Crippen LogP contribution in [0.15, 0.2) is 52.8 Å². The fourth-order valence-corrected chi connectivity index (χ4v) is 3.31. The normalized spacial score (nSPS) is 11.9. The summed E-state index contributed by atoms with van der Waals surface area (Å²) in [5.41, 5.74) is 5.83. The zero-order chi connectivity index (χ0) is 15.7. The van der Waals surface area contributed by atoms with E-state index in [9.17, 15) is 0 Å². The van der Waals surface area contributed by atoms with Gasteiger partial charge in [0.25, 0.3) is 0 Å². The smallest absolute Gasteiger partial charge is 0.190 e. The van der Waals surface area contributed by atoms with Gasteiger partial charge in [0.15, 0.2) is 4.80 Å². The van der Waals surface area contributed by atoms with Crippen molar-refractivity contribution in [1.29, 1.82) is 0 Å². The van der Waals surface area contributed by atoms with Crippen molar-refractivity contribution in [2.45, 2.75) is 13.8 Å². The maximum atomic E-state index is 5.96. The molecule has 22 heavy (non-hydrogen) atoms. The lowest BCUT2D eigenvalue weighted by atomic mass is 10.1. The molecule has 0 amide bonds. The van der Waals surface area contributed by atoms with Crippen LogP contribution in [-0.2, 0) is 7.05 Å². The quantitative estimate of drug-likeness (QED) is 0.611. The van der Waals surface area contributed by atoms with E-state index in [0.717, 1.165) is 26.8 Å². The fraction of sp³-hybridized carbons (Fsp3) is 0.167. The number of aromatic nitrogens is 1. The number of aryl methyl sites for hydroxylation is 2. The molecule has 0 saturated carbocycles. The Bertz CT molecular complexity index is 873. The van der Waals surface area contributed by atoms with Gasteiger partial charge < -0.3 is 4.57 Å². The van der Waals surface area contributed by atoms with Crippen LogP contribution >= 0.6 is 22.9 Å². The largest absolute Gasteiger partial charge is 0.320 e. The molecular formula is C18H17ClN2S. The van der Waals surface area contributed by atoms with E-state index in [4.69, 9.17) is 16.6 Å². The zero-order valence-corrected chi connectivity index (χ0v) is 14.4. The van der Waals surface area contributed by atoms with Crippen LogP contribution in [0.5, 0.6) is 0 Å². The molecule has 2 nitrogen and oxygen atoms in total. The summed E-state index contributed by atoms with van der Waals surface area (Å²) in [6.07, 6.45) is 0. The van der Waals surface area contributed by atoms with Gasteiger partial charge in [0.05, 0.1) is 11.4 Å². The van der Waals surface area contributed by atoms with Crippen molar-refractivity contribution in [2.75, 3.05) is 0 Å². The standard InChI is InChI=1S/C18H17ClN2S/c1-12-4-9-16(10-13(12)2)20-18-21(3)17(11-22-18)14-5-7-15(19)8-6-14/h4-11H,1-3H3. The Kier molecular flexibility index (Phi) is 4.19. The van der Waals surface area contributed by atoms with Crippen molar-refractivity contribution in [1.82, 2.24) is 4.57 Å². The number of hydrogen-bond donors (Lipinski definition) is 0. The first kappa shape index (κ1) is 15.1. The van der Waals surface area contributed by atoms with Crippen LogP contribution in [0.4, 0.5) is 5.69 Å². The summed E-state index contributed by atoms with van der Waals surface area (Å²) < 4.78 is 2.11. The minimum atomic E-state index is 0.752. The van der Waals surface area contributed by atoms with Crippen LogP contribution in [-0.4, -0.2) is 4.57 Å². The molecule has 3 rings (SSSR count). The number of nitrogens with zero attached hydrogens (tertiary/aromatic N) is 2. The molecule has 3 aromatic rings. The lowest BCUT2D eigenvalue weighted by Crippen LogP contribution is -2.10. The molecule has 0 aliphatic heterocycles. The Balaban J connectivity index is 2.04. The second-order valence-electron chi connectivity index (χ2n) is 5.35. The predicted molar refractivity (Wildman–Crippen MR) is 94.9 cm³/mol. The van der Waals surface area contributed by atoms with Gasteiger partial charge in [-0.25, -0.2) is 4.99 Å². The summed E-state index contributed by atoms with van der Waals surface area (Å²) in [6, 6.07) is 14.2.